The van der Waals surface area contributed by atoms with Crippen LogP contribution in [0.4, 0.5) is 4.79 Å². The molecule has 0 N–H and O–H groups in total. The molecule has 124 valence electrons. The van der Waals surface area contributed by atoms with Crippen LogP contribution in [0.15, 0.2) is 42.0 Å². The molecule has 1 aliphatic carbocycles. The van der Waals surface area contributed by atoms with Crippen molar-refractivity contribution in [2.24, 2.45) is 0 Å². The van der Waals surface area contributed by atoms with Crippen molar-refractivity contribution in [2.45, 2.75) is 19.3 Å². The van der Waals surface area contributed by atoms with Crippen LogP contribution >= 0.6 is 11.3 Å². The number of carbonyl (C=O) groups is 2. The number of ether oxygens (including phenoxy) is 1. The van der Waals surface area contributed by atoms with Crippen molar-refractivity contribution in [3.05, 3.63) is 46.9 Å². The lowest BCUT2D eigenvalue weighted by atomic mass is 9.98. The molecule has 1 aliphatic rings. The number of amides is 1. The molecule has 0 saturated heterocycles. The largest absolute Gasteiger partial charge is 0.414 e. The Bertz CT molecular complexity index is 845. The van der Waals surface area contributed by atoms with Gasteiger partial charge in [-0.2, -0.15) is 0 Å². The molecule has 0 saturated carbocycles. The number of fused-ring (bicyclic) bond motifs is 1. The van der Waals surface area contributed by atoms with Gasteiger partial charge in [0.25, 0.3) is 0 Å². The molecule has 1 aromatic heterocycles. The van der Waals surface area contributed by atoms with E-state index in [2.05, 4.69) is 0 Å². The average molecular weight is 341 g/mol. The fraction of sp³-hybridized carbons (Fsp3) is 0.263. The predicted molar refractivity (Wildman–Crippen MR) is 97.5 cm³/mol. The molecule has 2 aromatic rings. The number of nitrogens with zero attached hydrogens (tertiary/aromatic N) is 1. The zero-order valence-electron chi connectivity index (χ0n) is 13.7. The number of thiophene rings is 1. The number of ketones is 1. The highest BCUT2D eigenvalue weighted by atomic mass is 32.1. The zero-order chi connectivity index (χ0) is 17.1. The van der Waals surface area contributed by atoms with Crippen LogP contribution in [-0.4, -0.2) is 30.9 Å². The second-order valence-electron chi connectivity index (χ2n) is 5.93. The van der Waals surface area contributed by atoms with E-state index in [-0.39, 0.29) is 5.78 Å². The van der Waals surface area contributed by atoms with E-state index in [0.29, 0.717) is 12.2 Å². The molecule has 1 amide bonds. The van der Waals surface area contributed by atoms with Crippen molar-refractivity contribution >= 4 is 39.4 Å². The van der Waals surface area contributed by atoms with Gasteiger partial charge in [-0.3, -0.25) is 4.79 Å². The lowest BCUT2D eigenvalue weighted by Crippen LogP contribution is -2.25. The minimum Gasteiger partial charge on any atom is -0.408 e. The maximum absolute atomic E-state index is 12.0. The van der Waals surface area contributed by atoms with Crippen LogP contribution in [0.5, 0.6) is 5.75 Å². The summed E-state index contributed by atoms with van der Waals surface area (Å²) in [5.41, 5.74) is 1.02. The monoisotopic (exact) mass is 341 g/mol. The molecular formula is C19H19NO3S. The van der Waals surface area contributed by atoms with Crippen molar-refractivity contribution in [3.63, 3.8) is 0 Å². The zero-order valence-corrected chi connectivity index (χ0v) is 14.6. The highest BCUT2D eigenvalue weighted by Crippen LogP contribution is 2.39. The van der Waals surface area contributed by atoms with Crippen LogP contribution in [0.2, 0.25) is 0 Å². The molecule has 5 heteroatoms. The summed E-state index contributed by atoms with van der Waals surface area (Å²) in [5, 5.41) is 0.922. The Balaban J connectivity index is 1.97. The number of rotatable bonds is 3. The van der Waals surface area contributed by atoms with Gasteiger partial charge >= 0.3 is 6.09 Å². The predicted octanol–water partition coefficient (Wildman–Crippen LogP) is 4.65. The Hall–Kier alpha value is -2.40. The van der Waals surface area contributed by atoms with Crippen LogP contribution in [0.1, 0.15) is 24.1 Å². The van der Waals surface area contributed by atoms with E-state index in [1.54, 1.807) is 31.5 Å². The van der Waals surface area contributed by atoms with Crippen LogP contribution in [-0.2, 0) is 4.79 Å². The average Bonchev–Trinajstić information content (AvgIpc) is 2.91. The highest BCUT2D eigenvalue weighted by molar-refractivity contribution is 7.20. The van der Waals surface area contributed by atoms with Gasteiger partial charge in [-0.1, -0.05) is 18.2 Å². The first-order valence-corrected chi connectivity index (χ1v) is 8.68. The summed E-state index contributed by atoms with van der Waals surface area (Å²) in [4.78, 5) is 25.8. The molecule has 0 aliphatic heterocycles. The fourth-order valence-corrected chi connectivity index (χ4v) is 3.60. The molecule has 0 atom stereocenters. The highest BCUT2D eigenvalue weighted by Gasteiger charge is 2.16. The summed E-state index contributed by atoms with van der Waals surface area (Å²) in [6, 6.07) is 7.85. The standard InChI is InChI=1S/C19H19NO3S/c1-20(2)19(22)23-18-15-8-3-4-9-16(15)24-17(18)11-10-13-6-5-7-14(21)12-13/h3-4,8-12H,5-7H2,1-2H3. The van der Waals surface area contributed by atoms with Gasteiger partial charge in [0.1, 0.15) is 0 Å². The Morgan fingerprint density at radius 1 is 1.21 bits per heavy atom. The number of allylic oxidation sites excluding steroid dienone is 3. The Morgan fingerprint density at radius 3 is 2.75 bits per heavy atom. The van der Waals surface area contributed by atoms with Gasteiger partial charge in [0, 0.05) is 30.6 Å². The Morgan fingerprint density at radius 2 is 2.00 bits per heavy atom. The quantitative estimate of drug-likeness (QED) is 0.816. The Kier molecular flexibility index (Phi) is 4.81. The normalized spacial score (nSPS) is 14.9. The SMILES string of the molecule is CN(C)C(=O)Oc1c(C=CC2=CC(=O)CCC2)sc2ccccc12. The topological polar surface area (TPSA) is 46.6 Å². The first-order valence-electron chi connectivity index (χ1n) is 7.87. The van der Waals surface area contributed by atoms with Crippen molar-refractivity contribution < 1.29 is 14.3 Å². The van der Waals surface area contributed by atoms with Crippen molar-refractivity contribution in [3.8, 4) is 5.75 Å². The van der Waals surface area contributed by atoms with Crippen LogP contribution < -0.4 is 4.74 Å². The summed E-state index contributed by atoms with van der Waals surface area (Å²) >= 11 is 1.57. The van der Waals surface area contributed by atoms with E-state index in [1.165, 1.54) is 4.90 Å². The second-order valence-corrected chi connectivity index (χ2v) is 7.01. The summed E-state index contributed by atoms with van der Waals surface area (Å²) < 4.78 is 6.64. The number of carbonyl (C=O) groups excluding carboxylic acids is 2. The van der Waals surface area contributed by atoms with E-state index in [1.807, 2.05) is 36.4 Å². The summed E-state index contributed by atoms with van der Waals surface area (Å²) in [6.07, 6.45) is 7.62. The van der Waals surface area contributed by atoms with Crippen molar-refractivity contribution in [1.82, 2.24) is 4.90 Å². The molecule has 0 bridgehead atoms. The minimum absolute atomic E-state index is 0.177. The van der Waals surface area contributed by atoms with Gasteiger partial charge < -0.3 is 9.64 Å². The van der Waals surface area contributed by atoms with Gasteiger partial charge in [0.2, 0.25) is 0 Å². The lowest BCUT2D eigenvalue weighted by Gasteiger charge is -2.11. The van der Waals surface area contributed by atoms with E-state index >= 15 is 0 Å². The molecule has 0 radical (unpaired) electrons. The molecule has 1 aromatic carbocycles. The van der Waals surface area contributed by atoms with Crippen molar-refractivity contribution in [2.75, 3.05) is 14.1 Å². The van der Waals surface area contributed by atoms with Crippen LogP contribution in [0.25, 0.3) is 16.2 Å². The molecule has 0 fully saturated rings. The Labute approximate surface area is 145 Å². The molecule has 0 unspecified atom stereocenters. The van der Waals surface area contributed by atoms with Gasteiger partial charge in [-0.05, 0) is 42.7 Å². The van der Waals surface area contributed by atoms with Crippen LogP contribution in [0, 0.1) is 0 Å². The number of hydrogen-bond donors (Lipinski definition) is 0. The van der Waals surface area contributed by atoms with Crippen LogP contribution in [0.3, 0.4) is 0 Å². The van der Waals surface area contributed by atoms with E-state index < -0.39 is 6.09 Å². The fourth-order valence-electron chi connectivity index (χ4n) is 2.57. The van der Waals surface area contributed by atoms with E-state index in [9.17, 15) is 9.59 Å². The van der Waals surface area contributed by atoms with Crippen molar-refractivity contribution in [1.29, 1.82) is 0 Å². The third-order valence-electron chi connectivity index (χ3n) is 3.81. The maximum Gasteiger partial charge on any atom is 0.414 e. The molecule has 0 spiro atoms. The first kappa shape index (κ1) is 16.5. The third-order valence-corrected chi connectivity index (χ3v) is 4.93. The summed E-state index contributed by atoms with van der Waals surface area (Å²) in [5.74, 6) is 0.754. The number of benzene rings is 1. The summed E-state index contributed by atoms with van der Waals surface area (Å²) in [6.45, 7) is 0. The minimum atomic E-state index is -0.403. The first-order chi connectivity index (χ1) is 11.5. The smallest absolute Gasteiger partial charge is 0.408 e. The number of hydrogen-bond acceptors (Lipinski definition) is 4. The van der Waals surface area contributed by atoms with E-state index in [4.69, 9.17) is 4.74 Å². The molecule has 3 rings (SSSR count). The van der Waals surface area contributed by atoms with Gasteiger partial charge in [-0.25, -0.2) is 4.79 Å². The van der Waals surface area contributed by atoms with Gasteiger partial charge in [0.15, 0.2) is 11.5 Å². The molecular weight excluding hydrogens is 322 g/mol. The third kappa shape index (κ3) is 3.57. The summed E-state index contributed by atoms with van der Waals surface area (Å²) in [7, 11) is 3.32. The van der Waals surface area contributed by atoms with E-state index in [0.717, 1.165) is 33.4 Å². The molecule has 4 nitrogen and oxygen atoms in total. The second kappa shape index (κ2) is 7.01. The maximum atomic E-state index is 12.0. The van der Waals surface area contributed by atoms with Gasteiger partial charge in [0.05, 0.1) is 4.88 Å². The molecule has 1 heterocycles. The lowest BCUT2D eigenvalue weighted by molar-refractivity contribution is -0.115. The van der Waals surface area contributed by atoms with Gasteiger partial charge in [-0.15, -0.1) is 11.3 Å². The molecule has 24 heavy (non-hydrogen) atoms.